The summed E-state index contributed by atoms with van der Waals surface area (Å²) in [5, 5.41) is 3.86. The number of fused-ring (bicyclic) bond motifs is 9. The van der Waals surface area contributed by atoms with Gasteiger partial charge in [0, 0.05) is 41.5 Å². The highest BCUT2D eigenvalue weighted by Crippen LogP contribution is 2.68. The second-order valence-electron chi connectivity index (χ2n) is 11.6. The first-order valence-corrected chi connectivity index (χ1v) is 15.3. The van der Waals surface area contributed by atoms with E-state index in [4.69, 9.17) is 0 Å². The number of hydrogen-bond donors (Lipinski definition) is 2. The number of imide groups is 1. The number of carbonyl (C=O) groups is 3. The molecule has 10 heteroatoms. The predicted octanol–water partition coefficient (Wildman–Crippen LogP) is 3.92. The minimum atomic E-state index is -0.410. The number of thioether (sulfide) groups is 1. The summed E-state index contributed by atoms with van der Waals surface area (Å²) < 4.78 is 0. The summed E-state index contributed by atoms with van der Waals surface area (Å²) in [5.74, 6) is -1.45. The third-order valence-corrected chi connectivity index (χ3v) is 11.8. The van der Waals surface area contributed by atoms with Crippen LogP contribution in [0.2, 0.25) is 0 Å². The maximum atomic E-state index is 13.8. The molecule has 0 radical (unpaired) electrons. The van der Waals surface area contributed by atoms with Crippen molar-refractivity contribution in [2.75, 3.05) is 30.9 Å². The molecule has 1 aromatic heterocycles. The molecule has 3 fully saturated rings. The molecule has 0 spiro atoms. The van der Waals surface area contributed by atoms with Gasteiger partial charge >= 0.3 is 4.87 Å². The first kappa shape index (κ1) is 25.6. The number of benzene rings is 2. The lowest BCUT2D eigenvalue weighted by Gasteiger charge is -2.43. The molecule has 40 heavy (non-hydrogen) atoms. The van der Waals surface area contributed by atoms with Gasteiger partial charge in [0.1, 0.15) is 6.54 Å². The Bertz CT molecular complexity index is 1600. The second-order valence-corrected chi connectivity index (χ2v) is 13.8. The summed E-state index contributed by atoms with van der Waals surface area (Å²) in [6.45, 7) is 1.67. The van der Waals surface area contributed by atoms with E-state index in [0.29, 0.717) is 5.69 Å². The van der Waals surface area contributed by atoms with Crippen LogP contribution in [0.15, 0.2) is 58.4 Å². The predicted molar refractivity (Wildman–Crippen MR) is 156 cm³/mol. The Balaban J connectivity index is 1.19. The molecule has 3 aromatic rings. The summed E-state index contributed by atoms with van der Waals surface area (Å²) >= 11 is 2.93. The molecular formula is C30H30N4O4S2. The largest absolute Gasteiger partial charge is 0.378 e. The van der Waals surface area contributed by atoms with Crippen molar-refractivity contribution in [3.8, 4) is 0 Å². The highest BCUT2D eigenvalue weighted by atomic mass is 32.2. The number of amides is 3. The van der Waals surface area contributed by atoms with Gasteiger partial charge in [-0.1, -0.05) is 35.6 Å². The number of nitrogens with one attached hydrogen (secondary N) is 2. The highest BCUT2D eigenvalue weighted by molar-refractivity contribution is 8.00. The maximum absolute atomic E-state index is 13.8. The van der Waals surface area contributed by atoms with Crippen LogP contribution in [0.4, 0.5) is 11.4 Å². The van der Waals surface area contributed by atoms with Crippen LogP contribution in [-0.2, 0) is 14.4 Å². The molecule has 1 saturated heterocycles. The van der Waals surface area contributed by atoms with Crippen LogP contribution in [-0.4, -0.2) is 53.5 Å². The Morgan fingerprint density at radius 2 is 1.77 bits per heavy atom. The number of H-pyrrole nitrogens is 1. The van der Waals surface area contributed by atoms with Gasteiger partial charge in [-0.05, 0) is 66.5 Å². The monoisotopic (exact) mass is 574 g/mol. The molecule has 2 aliphatic carbocycles. The van der Waals surface area contributed by atoms with E-state index in [2.05, 4.69) is 39.5 Å². The van der Waals surface area contributed by atoms with E-state index in [9.17, 15) is 19.2 Å². The van der Waals surface area contributed by atoms with Crippen LogP contribution in [0.3, 0.4) is 0 Å². The Labute approximate surface area is 240 Å². The first-order chi connectivity index (χ1) is 19.2. The van der Waals surface area contributed by atoms with Gasteiger partial charge in [0.25, 0.3) is 0 Å². The van der Waals surface area contributed by atoms with E-state index in [1.54, 1.807) is 17.8 Å². The number of nitrogens with zero attached hydrogens (tertiary/aromatic N) is 2. The molecule has 3 amide bonds. The summed E-state index contributed by atoms with van der Waals surface area (Å²) in [5.41, 5.74) is 3.89. The van der Waals surface area contributed by atoms with Gasteiger partial charge in [-0.25, -0.2) is 0 Å². The van der Waals surface area contributed by atoms with Gasteiger partial charge in [-0.3, -0.25) is 24.1 Å². The molecule has 7 rings (SSSR count). The van der Waals surface area contributed by atoms with Crippen molar-refractivity contribution in [2.45, 2.75) is 29.5 Å². The van der Waals surface area contributed by atoms with Gasteiger partial charge in [-0.2, -0.15) is 0 Å². The van der Waals surface area contributed by atoms with Gasteiger partial charge in [0.05, 0.1) is 16.9 Å². The minimum Gasteiger partial charge on any atom is -0.378 e. The second kappa shape index (κ2) is 9.34. The first-order valence-electron chi connectivity index (χ1n) is 13.6. The molecule has 2 bridgehead atoms. The summed E-state index contributed by atoms with van der Waals surface area (Å²) in [6.07, 6.45) is 0.823. The summed E-state index contributed by atoms with van der Waals surface area (Å²) in [6, 6.07) is 15.9. The van der Waals surface area contributed by atoms with E-state index in [-0.39, 0.29) is 58.1 Å². The standard InChI is InChI=1S/C30H30N4O4S2/c1-14-5-4-6-16(11-14)31-20(35)13-34-28(36)23-18-12-19(24(23)29(34)37)25-22(18)21(26-27(39-25)32-30(38)40-26)15-7-9-17(10-8-15)33(2)3/h4-11,18-19,21-25H,12-13H2,1-3H3,(H,31,35)(H,32,38)/t18?,19?,21-,22?,23?,24?,25?/m1/s1. The average molecular weight is 575 g/mol. The zero-order valence-electron chi connectivity index (χ0n) is 22.4. The van der Waals surface area contributed by atoms with Crippen molar-refractivity contribution in [3.05, 3.63) is 74.2 Å². The Morgan fingerprint density at radius 3 is 2.48 bits per heavy atom. The van der Waals surface area contributed by atoms with E-state index in [0.717, 1.165) is 33.1 Å². The van der Waals surface area contributed by atoms with Crippen molar-refractivity contribution < 1.29 is 14.4 Å². The summed E-state index contributed by atoms with van der Waals surface area (Å²) in [7, 11) is 4.01. The minimum absolute atomic E-state index is 0.0149. The number of rotatable bonds is 5. The summed E-state index contributed by atoms with van der Waals surface area (Å²) in [4.78, 5) is 60.0. The molecule has 206 valence electrons. The van der Waals surface area contributed by atoms with Gasteiger partial charge in [-0.15, -0.1) is 11.8 Å². The van der Waals surface area contributed by atoms with Gasteiger partial charge in [0.15, 0.2) is 0 Å². The van der Waals surface area contributed by atoms with Crippen molar-refractivity contribution in [1.29, 1.82) is 0 Å². The molecule has 6 unspecified atom stereocenters. The molecule has 2 saturated carbocycles. The van der Waals surface area contributed by atoms with Crippen LogP contribution in [0.1, 0.15) is 28.3 Å². The molecule has 8 nitrogen and oxygen atoms in total. The zero-order chi connectivity index (χ0) is 27.9. The average Bonchev–Trinajstić information content (AvgIpc) is 3.64. The number of carbonyl (C=O) groups excluding carboxylic acids is 3. The Hall–Kier alpha value is -3.37. The molecule has 4 aliphatic rings. The normalized spacial score (nSPS) is 29.8. The fourth-order valence-electron chi connectivity index (χ4n) is 7.65. The molecule has 7 atom stereocenters. The number of thiazole rings is 1. The molecular weight excluding hydrogens is 544 g/mol. The lowest BCUT2D eigenvalue weighted by Crippen LogP contribution is -2.42. The number of anilines is 2. The number of hydrogen-bond acceptors (Lipinski definition) is 7. The van der Waals surface area contributed by atoms with Crippen LogP contribution in [0.5, 0.6) is 0 Å². The molecule has 3 heterocycles. The Kier molecular flexibility index (Phi) is 5.98. The Morgan fingerprint density at radius 1 is 1.05 bits per heavy atom. The van der Waals surface area contributed by atoms with E-state index in [1.165, 1.54) is 16.2 Å². The topological polar surface area (TPSA) is 103 Å². The fourth-order valence-corrected chi connectivity index (χ4v) is 10.5. The van der Waals surface area contributed by atoms with E-state index < -0.39 is 11.8 Å². The van der Waals surface area contributed by atoms with Crippen LogP contribution >= 0.6 is 23.1 Å². The third-order valence-electron chi connectivity index (χ3n) is 9.19. The zero-order valence-corrected chi connectivity index (χ0v) is 24.1. The van der Waals surface area contributed by atoms with E-state index in [1.807, 2.05) is 39.2 Å². The lowest BCUT2D eigenvalue weighted by molar-refractivity contribution is -0.143. The van der Waals surface area contributed by atoms with Crippen molar-refractivity contribution in [2.24, 2.45) is 29.6 Å². The number of likely N-dealkylation sites (tertiary alicyclic amines) is 1. The number of aromatic nitrogens is 1. The quantitative estimate of drug-likeness (QED) is 0.448. The van der Waals surface area contributed by atoms with Gasteiger partial charge < -0.3 is 15.2 Å². The maximum Gasteiger partial charge on any atom is 0.305 e. The fraction of sp³-hybridized carbons (Fsp3) is 0.400. The highest BCUT2D eigenvalue weighted by Gasteiger charge is 2.69. The van der Waals surface area contributed by atoms with Crippen LogP contribution in [0, 0.1) is 36.5 Å². The number of aromatic amines is 1. The van der Waals surface area contributed by atoms with Crippen molar-refractivity contribution in [1.82, 2.24) is 9.88 Å². The smallest absolute Gasteiger partial charge is 0.305 e. The lowest BCUT2D eigenvalue weighted by atomic mass is 9.68. The van der Waals surface area contributed by atoms with Crippen molar-refractivity contribution in [3.63, 3.8) is 0 Å². The SMILES string of the molecule is Cc1cccc(NC(=O)CN2C(=O)C3C4CC(C3C2=O)C2C4Sc3[nH]c(=O)sc3[C@@H]2c2ccc(N(C)C)cc2)c1. The molecule has 2 N–H and O–H groups in total. The molecule has 2 aromatic carbocycles. The van der Waals surface area contributed by atoms with Crippen molar-refractivity contribution >= 4 is 52.2 Å². The van der Waals surface area contributed by atoms with E-state index >= 15 is 0 Å². The van der Waals surface area contributed by atoms with Gasteiger partial charge in [0.2, 0.25) is 17.7 Å². The van der Waals surface area contributed by atoms with Crippen LogP contribution < -0.4 is 15.1 Å². The number of aryl methyl sites for hydroxylation is 1. The third kappa shape index (κ3) is 3.87. The van der Waals surface area contributed by atoms with Crippen LogP contribution in [0.25, 0.3) is 0 Å². The molecule has 2 aliphatic heterocycles.